The lowest BCUT2D eigenvalue weighted by atomic mass is 10.0. The van der Waals surface area contributed by atoms with E-state index in [0.717, 1.165) is 43.2 Å². The van der Waals surface area contributed by atoms with Gasteiger partial charge in [-0.1, -0.05) is 12.1 Å². The van der Waals surface area contributed by atoms with E-state index in [-0.39, 0.29) is 0 Å². The van der Waals surface area contributed by atoms with E-state index in [2.05, 4.69) is 42.2 Å². The van der Waals surface area contributed by atoms with Crippen LogP contribution in [0.25, 0.3) is 0 Å². The average molecular weight is 339 g/mol. The van der Waals surface area contributed by atoms with E-state index in [0.29, 0.717) is 19.3 Å². The fourth-order valence-electron chi connectivity index (χ4n) is 3.75. The van der Waals surface area contributed by atoms with Crippen molar-refractivity contribution in [3.05, 3.63) is 53.1 Å². The van der Waals surface area contributed by atoms with Gasteiger partial charge >= 0.3 is 0 Å². The smallest absolute Gasteiger partial charge is 0.161 e. The highest BCUT2D eigenvalue weighted by Crippen LogP contribution is 2.32. The topological polar surface area (TPSA) is 30.9 Å². The summed E-state index contributed by atoms with van der Waals surface area (Å²) in [5.41, 5.74) is 4.13. The zero-order valence-electron chi connectivity index (χ0n) is 15.0. The summed E-state index contributed by atoms with van der Waals surface area (Å²) in [6.45, 7) is 5.57. The fraction of sp³-hybridized carbons (Fsp3) is 0.429. The van der Waals surface area contributed by atoms with Crippen molar-refractivity contribution in [2.45, 2.75) is 32.4 Å². The van der Waals surface area contributed by atoms with Gasteiger partial charge in [-0.2, -0.15) is 0 Å². The number of hydrogen-bond donors (Lipinski definition) is 0. The maximum Gasteiger partial charge on any atom is 0.161 e. The predicted octanol–water partition coefficient (Wildman–Crippen LogP) is 3.46. The Hall–Kier alpha value is -2.20. The van der Waals surface area contributed by atoms with Crippen molar-refractivity contribution >= 4 is 0 Å². The molecule has 2 aliphatic heterocycles. The van der Waals surface area contributed by atoms with Crippen LogP contribution in [0.15, 0.2) is 36.4 Å². The first-order valence-electron chi connectivity index (χ1n) is 9.01. The lowest BCUT2D eigenvalue weighted by molar-refractivity contribution is 0.170. The van der Waals surface area contributed by atoms with E-state index in [1.54, 1.807) is 7.11 Å². The minimum Gasteiger partial charge on any atom is -0.497 e. The minimum absolute atomic E-state index is 0.503. The number of benzene rings is 2. The Kier molecular flexibility index (Phi) is 4.53. The molecule has 0 saturated carbocycles. The molecular weight excluding hydrogens is 314 g/mol. The SMILES string of the molecule is COc1ccc2c(c1)CCN(Cc1ccc3c(c1)OCCO3)C(C)C2. The Morgan fingerprint density at radius 2 is 1.88 bits per heavy atom. The van der Waals surface area contributed by atoms with Crippen LogP contribution in [0.4, 0.5) is 0 Å². The number of hydrogen-bond acceptors (Lipinski definition) is 4. The lowest BCUT2D eigenvalue weighted by Crippen LogP contribution is -2.34. The second-order valence-electron chi connectivity index (χ2n) is 6.89. The summed E-state index contributed by atoms with van der Waals surface area (Å²) in [5.74, 6) is 2.68. The first-order valence-corrected chi connectivity index (χ1v) is 9.01. The van der Waals surface area contributed by atoms with E-state index in [4.69, 9.17) is 14.2 Å². The standard InChI is InChI=1S/C21H25NO3/c1-15-11-17-4-5-19(23-2)13-18(17)7-8-22(15)14-16-3-6-20-21(12-16)25-10-9-24-20/h3-6,12-13,15H,7-11,14H2,1-2H3. The zero-order chi connectivity index (χ0) is 17.2. The van der Waals surface area contributed by atoms with E-state index < -0.39 is 0 Å². The third kappa shape index (κ3) is 3.45. The molecule has 0 amide bonds. The quantitative estimate of drug-likeness (QED) is 0.857. The monoisotopic (exact) mass is 339 g/mol. The molecule has 1 unspecified atom stereocenters. The molecule has 0 fully saturated rings. The molecule has 4 rings (SSSR count). The third-order valence-electron chi connectivity index (χ3n) is 5.21. The highest BCUT2D eigenvalue weighted by atomic mass is 16.6. The molecule has 0 bridgehead atoms. The Bertz CT molecular complexity index is 759. The van der Waals surface area contributed by atoms with Crippen LogP contribution in [-0.4, -0.2) is 37.8 Å². The van der Waals surface area contributed by atoms with Crippen LogP contribution in [0.3, 0.4) is 0 Å². The van der Waals surface area contributed by atoms with Gasteiger partial charge in [0.15, 0.2) is 11.5 Å². The number of fused-ring (bicyclic) bond motifs is 2. The number of rotatable bonds is 3. The van der Waals surface area contributed by atoms with Gasteiger partial charge in [-0.3, -0.25) is 4.90 Å². The van der Waals surface area contributed by atoms with Gasteiger partial charge in [-0.05, 0) is 60.7 Å². The molecule has 25 heavy (non-hydrogen) atoms. The molecule has 0 spiro atoms. The molecule has 0 aliphatic carbocycles. The van der Waals surface area contributed by atoms with Crippen LogP contribution < -0.4 is 14.2 Å². The molecule has 0 N–H and O–H groups in total. The summed E-state index contributed by atoms with van der Waals surface area (Å²) in [7, 11) is 1.73. The third-order valence-corrected chi connectivity index (χ3v) is 5.21. The van der Waals surface area contributed by atoms with Gasteiger partial charge in [-0.15, -0.1) is 0 Å². The largest absolute Gasteiger partial charge is 0.497 e. The summed E-state index contributed by atoms with van der Waals surface area (Å²) in [6.07, 6.45) is 2.13. The highest BCUT2D eigenvalue weighted by molar-refractivity contribution is 5.44. The van der Waals surface area contributed by atoms with Crippen LogP contribution >= 0.6 is 0 Å². The molecule has 2 heterocycles. The maximum atomic E-state index is 5.72. The van der Waals surface area contributed by atoms with E-state index in [9.17, 15) is 0 Å². The van der Waals surface area contributed by atoms with Crippen molar-refractivity contribution in [3.63, 3.8) is 0 Å². The maximum absolute atomic E-state index is 5.72. The molecule has 4 nitrogen and oxygen atoms in total. The molecule has 0 aromatic heterocycles. The van der Waals surface area contributed by atoms with Crippen molar-refractivity contribution < 1.29 is 14.2 Å². The average Bonchev–Trinajstić information content (AvgIpc) is 2.80. The van der Waals surface area contributed by atoms with Gasteiger partial charge < -0.3 is 14.2 Å². The molecule has 132 valence electrons. The summed E-state index contributed by atoms with van der Waals surface area (Å²) >= 11 is 0. The summed E-state index contributed by atoms with van der Waals surface area (Å²) in [5, 5.41) is 0. The normalized spacial score (nSPS) is 19.8. The minimum atomic E-state index is 0.503. The molecule has 0 radical (unpaired) electrons. The van der Waals surface area contributed by atoms with Crippen LogP contribution in [0, 0.1) is 0 Å². The van der Waals surface area contributed by atoms with Gasteiger partial charge in [0.1, 0.15) is 19.0 Å². The van der Waals surface area contributed by atoms with Gasteiger partial charge in [0.2, 0.25) is 0 Å². The van der Waals surface area contributed by atoms with Crippen LogP contribution in [0.2, 0.25) is 0 Å². The summed E-state index contributed by atoms with van der Waals surface area (Å²) in [4.78, 5) is 2.55. The Morgan fingerprint density at radius 1 is 1.04 bits per heavy atom. The van der Waals surface area contributed by atoms with E-state index in [1.807, 2.05) is 6.07 Å². The molecule has 4 heteroatoms. The first-order chi connectivity index (χ1) is 12.2. The fourth-order valence-corrected chi connectivity index (χ4v) is 3.75. The molecule has 0 saturated heterocycles. The van der Waals surface area contributed by atoms with E-state index >= 15 is 0 Å². The first kappa shape index (κ1) is 16.3. The summed E-state index contributed by atoms with van der Waals surface area (Å²) in [6, 6.07) is 13.3. The van der Waals surface area contributed by atoms with Crippen molar-refractivity contribution in [1.29, 1.82) is 0 Å². The van der Waals surface area contributed by atoms with Gasteiger partial charge in [0.05, 0.1) is 7.11 Å². The second-order valence-corrected chi connectivity index (χ2v) is 6.89. The van der Waals surface area contributed by atoms with Crippen molar-refractivity contribution in [3.8, 4) is 17.2 Å². The molecule has 2 aromatic carbocycles. The highest BCUT2D eigenvalue weighted by Gasteiger charge is 2.22. The van der Waals surface area contributed by atoms with Gasteiger partial charge in [-0.25, -0.2) is 0 Å². The van der Waals surface area contributed by atoms with Crippen molar-refractivity contribution in [1.82, 2.24) is 4.90 Å². The second kappa shape index (κ2) is 6.96. The molecular formula is C21H25NO3. The molecule has 1 atom stereocenters. The Labute approximate surface area is 149 Å². The van der Waals surface area contributed by atoms with Crippen molar-refractivity contribution in [2.75, 3.05) is 26.9 Å². The number of ether oxygens (including phenoxy) is 3. The number of nitrogens with zero attached hydrogens (tertiary/aromatic N) is 1. The van der Waals surface area contributed by atoms with Gasteiger partial charge in [0.25, 0.3) is 0 Å². The lowest BCUT2D eigenvalue weighted by Gasteiger charge is -2.27. The van der Waals surface area contributed by atoms with E-state index in [1.165, 1.54) is 16.7 Å². The van der Waals surface area contributed by atoms with Gasteiger partial charge in [0, 0.05) is 19.1 Å². The number of methoxy groups -OCH3 is 1. The zero-order valence-corrected chi connectivity index (χ0v) is 15.0. The molecule has 2 aromatic rings. The summed E-state index contributed by atoms with van der Waals surface area (Å²) < 4.78 is 16.7. The van der Waals surface area contributed by atoms with Crippen LogP contribution in [0.5, 0.6) is 17.2 Å². The predicted molar refractivity (Wildman–Crippen MR) is 97.7 cm³/mol. The van der Waals surface area contributed by atoms with Crippen molar-refractivity contribution in [2.24, 2.45) is 0 Å². The Balaban J connectivity index is 1.50. The van der Waals surface area contributed by atoms with Crippen LogP contribution in [-0.2, 0) is 19.4 Å². The Morgan fingerprint density at radius 3 is 2.72 bits per heavy atom. The molecule has 2 aliphatic rings. The van der Waals surface area contributed by atoms with Crippen LogP contribution in [0.1, 0.15) is 23.6 Å².